The normalized spacial score (nSPS) is 12.7. The summed E-state index contributed by atoms with van der Waals surface area (Å²) in [6.45, 7) is 9.66. The van der Waals surface area contributed by atoms with Gasteiger partial charge in [0, 0.05) is 12.4 Å². The maximum Gasteiger partial charge on any atom is 0.408 e. The molecule has 1 aromatic heterocycles. The van der Waals surface area contributed by atoms with Gasteiger partial charge in [-0.05, 0) is 46.2 Å². The van der Waals surface area contributed by atoms with E-state index in [0.29, 0.717) is 38.9 Å². The first-order chi connectivity index (χ1) is 13.5. The minimum atomic E-state index is -0.635. The van der Waals surface area contributed by atoms with Gasteiger partial charge in [-0.2, -0.15) is 0 Å². The number of aromatic nitrogens is 1. The minimum absolute atomic E-state index is 0.255. The summed E-state index contributed by atoms with van der Waals surface area (Å²) < 4.78 is 12.9. The molecule has 0 saturated carbocycles. The van der Waals surface area contributed by atoms with Crippen LogP contribution in [0.5, 0.6) is 5.75 Å². The number of benzene rings is 1. The van der Waals surface area contributed by atoms with Gasteiger partial charge in [-0.1, -0.05) is 36.5 Å². The van der Waals surface area contributed by atoms with Crippen LogP contribution < -0.4 is 15.6 Å². The lowest BCUT2D eigenvalue weighted by Crippen LogP contribution is -2.36. The summed E-state index contributed by atoms with van der Waals surface area (Å²) >= 11 is 12.3. The second-order valence-corrected chi connectivity index (χ2v) is 8.77. The van der Waals surface area contributed by atoms with Crippen molar-refractivity contribution in [3.63, 3.8) is 0 Å². The first-order valence-corrected chi connectivity index (χ1v) is 10.4. The van der Waals surface area contributed by atoms with Crippen LogP contribution in [0, 0.1) is 0 Å². The van der Waals surface area contributed by atoms with Gasteiger partial charge < -0.3 is 19.4 Å². The average Bonchev–Trinajstić information content (AvgIpc) is 2.59. The lowest BCUT2D eigenvalue weighted by atomic mass is 10.1. The van der Waals surface area contributed by atoms with Crippen LogP contribution in [0.2, 0.25) is 10.0 Å². The standard InChI is InChI=1S/C21H28Cl2N2O4/c1-7-8-9-28-18-13-10-15(22)16(23)11-14(13)19(26)25(6)17(18)12(2)24-20(27)29-21(3,4)5/h10-12H,7-9H2,1-6H3,(H,24,27). The Labute approximate surface area is 181 Å². The highest BCUT2D eigenvalue weighted by Crippen LogP contribution is 2.36. The Balaban J connectivity index is 2.61. The zero-order valence-corrected chi connectivity index (χ0v) is 19.2. The Hall–Kier alpha value is -1.92. The van der Waals surface area contributed by atoms with Gasteiger partial charge in [-0.15, -0.1) is 0 Å². The van der Waals surface area contributed by atoms with E-state index in [4.69, 9.17) is 32.7 Å². The Bertz CT molecular complexity index is 964. The lowest BCUT2D eigenvalue weighted by Gasteiger charge is -2.25. The van der Waals surface area contributed by atoms with Crippen molar-refractivity contribution in [2.45, 2.75) is 59.1 Å². The monoisotopic (exact) mass is 442 g/mol. The highest BCUT2D eigenvalue weighted by Gasteiger charge is 2.25. The summed E-state index contributed by atoms with van der Waals surface area (Å²) in [5.41, 5.74) is -0.360. The lowest BCUT2D eigenvalue weighted by molar-refractivity contribution is 0.0505. The number of nitrogens with zero attached hydrogens (tertiary/aromatic N) is 1. The molecule has 1 N–H and O–H groups in total. The third-order valence-corrected chi connectivity index (χ3v) is 5.04. The number of nitrogens with one attached hydrogen (secondary N) is 1. The van der Waals surface area contributed by atoms with Crippen LogP contribution in [0.25, 0.3) is 10.8 Å². The van der Waals surface area contributed by atoms with Gasteiger partial charge in [0.15, 0.2) is 0 Å². The van der Waals surface area contributed by atoms with E-state index in [1.807, 2.05) is 0 Å². The van der Waals surface area contributed by atoms with Crippen LogP contribution in [-0.4, -0.2) is 22.9 Å². The number of rotatable bonds is 6. The molecule has 0 aliphatic rings. The van der Waals surface area contributed by atoms with E-state index in [1.165, 1.54) is 4.57 Å². The van der Waals surface area contributed by atoms with Crippen LogP contribution in [-0.2, 0) is 11.8 Å². The maximum atomic E-state index is 13.0. The number of halogens is 2. The first kappa shape index (κ1) is 23.4. The van der Waals surface area contributed by atoms with Crippen molar-refractivity contribution in [2.24, 2.45) is 7.05 Å². The molecule has 2 rings (SSSR count). The molecule has 0 spiro atoms. The number of hydrogen-bond acceptors (Lipinski definition) is 4. The summed E-state index contributed by atoms with van der Waals surface area (Å²) in [5.74, 6) is 0.498. The molecule has 0 saturated heterocycles. The molecule has 1 atom stereocenters. The summed E-state index contributed by atoms with van der Waals surface area (Å²) in [6.07, 6.45) is 1.22. The fourth-order valence-electron chi connectivity index (χ4n) is 3.00. The smallest absolute Gasteiger partial charge is 0.408 e. The first-order valence-electron chi connectivity index (χ1n) is 9.60. The van der Waals surface area contributed by atoms with E-state index in [9.17, 15) is 9.59 Å². The molecule has 29 heavy (non-hydrogen) atoms. The van der Waals surface area contributed by atoms with Gasteiger partial charge >= 0.3 is 6.09 Å². The van der Waals surface area contributed by atoms with Crippen molar-refractivity contribution >= 4 is 40.1 Å². The zero-order chi connectivity index (χ0) is 21.9. The second kappa shape index (κ2) is 9.26. The summed E-state index contributed by atoms with van der Waals surface area (Å²) in [4.78, 5) is 25.2. The Morgan fingerprint density at radius 2 is 1.79 bits per heavy atom. The van der Waals surface area contributed by atoms with Crippen molar-refractivity contribution in [1.29, 1.82) is 0 Å². The van der Waals surface area contributed by atoms with Crippen molar-refractivity contribution in [3.8, 4) is 5.75 Å². The van der Waals surface area contributed by atoms with E-state index in [-0.39, 0.29) is 5.56 Å². The summed E-state index contributed by atoms with van der Waals surface area (Å²) in [5, 5.41) is 4.37. The van der Waals surface area contributed by atoms with Crippen molar-refractivity contribution in [2.75, 3.05) is 6.61 Å². The van der Waals surface area contributed by atoms with Crippen LogP contribution in [0.1, 0.15) is 59.2 Å². The van der Waals surface area contributed by atoms with E-state index in [0.717, 1.165) is 12.8 Å². The molecule has 2 aromatic rings. The molecule has 0 fully saturated rings. The number of carbonyl (C=O) groups excluding carboxylic acids is 1. The fourth-order valence-corrected chi connectivity index (χ4v) is 3.33. The number of ether oxygens (including phenoxy) is 2. The van der Waals surface area contributed by atoms with Crippen LogP contribution in [0.4, 0.5) is 4.79 Å². The molecule has 1 aromatic carbocycles. The molecule has 0 aliphatic carbocycles. The third-order valence-electron chi connectivity index (χ3n) is 4.32. The summed E-state index contributed by atoms with van der Waals surface area (Å²) in [6, 6.07) is 2.63. The number of fused-ring (bicyclic) bond motifs is 1. The third kappa shape index (κ3) is 5.58. The number of unbranched alkanes of at least 4 members (excludes halogenated alkanes) is 1. The van der Waals surface area contributed by atoms with E-state index >= 15 is 0 Å². The molecular formula is C21H28Cl2N2O4. The number of hydrogen-bond donors (Lipinski definition) is 1. The molecule has 0 aliphatic heterocycles. The molecule has 0 radical (unpaired) electrons. The Morgan fingerprint density at radius 3 is 2.34 bits per heavy atom. The molecular weight excluding hydrogens is 415 g/mol. The number of carbonyl (C=O) groups is 1. The molecule has 8 heteroatoms. The van der Waals surface area contributed by atoms with Crippen LogP contribution in [0.15, 0.2) is 16.9 Å². The van der Waals surface area contributed by atoms with Gasteiger partial charge in [0.25, 0.3) is 5.56 Å². The molecule has 1 unspecified atom stereocenters. The van der Waals surface area contributed by atoms with Crippen molar-refractivity contribution < 1.29 is 14.3 Å². The molecule has 0 bridgehead atoms. The number of amides is 1. The Kier molecular flexibility index (Phi) is 7.46. The van der Waals surface area contributed by atoms with Crippen LogP contribution in [0.3, 0.4) is 0 Å². The number of alkyl carbamates (subject to hydrolysis) is 1. The highest BCUT2D eigenvalue weighted by atomic mass is 35.5. The maximum absolute atomic E-state index is 13.0. The molecule has 160 valence electrons. The predicted octanol–water partition coefficient (Wildman–Crippen LogP) is 5.61. The SMILES string of the molecule is CCCCOc1c(C(C)NC(=O)OC(C)(C)C)n(C)c(=O)c2cc(Cl)c(Cl)cc12. The van der Waals surface area contributed by atoms with Gasteiger partial charge in [-0.3, -0.25) is 4.79 Å². The van der Waals surface area contributed by atoms with Gasteiger partial charge in [0.2, 0.25) is 0 Å². The molecule has 1 amide bonds. The Morgan fingerprint density at radius 1 is 1.21 bits per heavy atom. The van der Waals surface area contributed by atoms with E-state index in [2.05, 4.69) is 12.2 Å². The fraction of sp³-hybridized carbons (Fsp3) is 0.524. The largest absolute Gasteiger partial charge is 0.491 e. The predicted molar refractivity (Wildman–Crippen MR) is 117 cm³/mol. The quantitative estimate of drug-likeness (QED) is 0.590. The molecule has 6 nitrogen and oxygen atoms in total. The zero-order valence-electron chi connectivity index (χ0n) is 17.7. The second-order valence-electron chi connectivity index (χ2n) is 7.96. The highest BCUT2D eigenvalue weighted by molar-refractivity contribution is 6.42. The van der Waals surface area contributed by atoms with E-state index < -0.39 is 17.7 Å². The topological polar surface area (TPSA) is 69.6 Å². The molecule has 1 heterocycles. The van der Waals surface area contributed by atoms with E-state index in [1.54, 1.807) is 46.9 Å². The average molecular weight is 443 g/mol. The van der Waals surface area contributed by atoms with Gasteiger partial charge in [0.05, 0.1) is 33.8 Å². The minimum Gasteiger partial charge on any atom is -0.491 e. The van der Waals surface area contributed by atoms with Gasteiger partial charge in [-0.25, -0.2) is 4.79 Å². The van der Waals surface area contributed by atoms with Crippen molar-refractivity contribution in [1.82, 2.24) is 9.88 Å². The summed E-state index contributed by atoms with van der Waals surface area (Å²) in [7, 11) is 1.64. The van der Waals surface area contributed by atoms with Crippen LogP contribution >= 0.6 is 23.2 Å². The van der Waals surface area contributed by atoms with Gasteiger partial charge in [0.1, 0.15) is 11.4 Å². The van der Waals surface area contributed by atoms with Crippen molar-refractivity contribution in [3.05, 3.63) is 38.2 Å². The number of pyridine rings is 1.